The molecule has 1 aliphatic rings. The average molecular weight is 324 g/mol. The molecule has 1 unspecified atom stereocenters. The molecule has 1 aromatic heterocycles. The number of carbonyl (C=O) groups is 1. The third-order valence-electron chi connectivity index (χ3n) is 4.12. The first-order chi connectivity index (χ1) is 11.0. The molecule has 1 aliphatic heterocycles. The number of amides is 1. The van der Waals surface area contributed by atoms with E-state index in [4.69, 9.17) is 4.74 Å². The molecule has 0 aliphatic carbocycles. The van der Waals surface area contributed by atoms with Crippen LogP contribution in [0.3, 0.4) is 0 Å². The third kappa shape index (κ3) is 5.04. The van der Waals surface area contributed by atoms with E-state index in [1.165, 1.54) is 0 Å². The number of morpholine rings is 1. The first-order valence-corrected chi connectivity index (χ1v) is 7.88. The number of hydrogen-bond acceptors (Lipinski definition) is 5. The summed E-state index contributed by atoms with van der Waals surface area (Å²) in [7, 11) is 0. The lowest BCUT2D eigenvalue weighted by molar-refractivity contribution is -0.121. The van der Waals surface area contributed by atoms with Crippen LogP contribution in [0.2, 0.25) is 0 Å². The fourth-order valence-corrected chi connectivity index (χ4v) is 2.66. The van der Waals surface area contributed by atoms with Gasteiger partial charge in [-0.3, -0.25) is 19.5 Å². The minimum absolute atomic E-state index is 0.102. The van der Waals surface area contributed by atoms with Crippen molar-refractivity contribution < 1.29 is 9.53 Å². The van der Waals surface area contributed by atoms with Gasteiger partial charge in [0.05, 0.1) is 13.2 Å². The Bertz CT molecular complexity index is 646. The number of hydrogen-bond donors (Lipinski definition) is 3. The van der Waals surface area contributed by atoms with Crippen LogP contribution in [0.25, 0.3) is 0 Å². The van der Waals surface area contributed by atoms with Gasteiger partial charge >= 0.3 is 5.69 Å². The molecule has 0 aromatic carbocycles. The van der Waals surface area contributed by atoms with Crippen molar-refractivity contribution in [3.63, 3.8) is 0 Å². The van der Waals surface area contributed by atoms with Crippen LogP contribution < -0.4 is 16.6 Å². The maximum atomic E-state index is 12.0. The van der Waals surface area contributed by atoms with Gasteiger partial charge in [-0.25, -0.2) is 4.79 Å². The van der Waals surface area contributed by atoms with Crippen LogP contribution in [-0.4, -0.2) is 59.7 Å². The van der Waals surface area contributed by atoms with Crippen molar-refractivity contribution in [1.82, 2.24) is 20.2 Å². The predicted octanol–water partition coefficient (Wildman–Crippen LogP) is -0.859. The first kappa shape index (κ1) is 17.4. The standard InChI is InChI=1S/C15H24N4O4/c1-10(19-5-7-23-8-6-19)9-16-13(20)4-3-12-11(2)17-15(22)18-14(12)21/h10H,3-9H2,1-2H3,(H,16,20)(H2,17,18,21,22). The number of nitrogens with one attached hydrogen (secondary N) is 3. The summed E-state index contributed by atoms with van der Waals surface area (Å²) >= 11 is 0. The molecule has 8 nitrogen and oxygen atoms in total. The van der Waals surface area contributed by atoms with Crippen LogP contribution in [0, 0.1) is 6.92 Å². The summed E-state index contributed by atoms with van der Waals surface area (Å²) in [6.07, 6.45) is 0.515. The number of rotatable bonds is 6. The lowest BCUT2D eigenvalue weighted by atomic mass is 10.1. The van der Waals surface area contributed by atoms with Gasteiger partial charge in [-0.2, -0.15) is 0 Å². The number of aromatic nitrogens is 2. The minimum atomic E-state index is -0.528. The highest BCUT2D eigenvalue weighted by atomic mass is 16.5. The van der Waals surface area contributed by atoms with E-state index >= 15 is 0 Å². The van der Waals surface area contributed by atoms with Gasteiger partial charge < -0.3 is 15.0 Å². The quantitative estimate of drug-likeness (QED) is 0.631. The number of H-pyrrole nitrogens is 2. The van der Waals surface area contributed by atoms with Gasteiger partial charge in [0.2, 0.25) is 5.91 Å². The molecule has 1 amide bonds. The highest BCUT2D eigenvalue weighted by molar-refractivity contribution is 5.76. The molecular weight excluding hydrogens is 300 g/mol. The van der Waals surface area contributed by atoms with Crippen molar-refractivity contribution in [2.24, 2.45) is 0 Å². The molecule has 128 valence electrons. The van der Waals surface area contributed by atoms with Gasteiger partial charge in [0.15, 0.2) is 0 Å². The largest absolute Gasteiger partial charge is 0.379 e. The number of ether oxygens (including phenoxy) is 1. The van der Waals surface area contributed by atoms with E-state index < -0.39 is 11.2 Å². The zero-order valence-corrected chi connectivity index (χ0v) is 13.6. The van der Waals surface area contributed by atoms with Gasteiger partial charge in [-0.1, -0.05) is 0 Å². The molecule has 1 fully saturated rings. The molecule has 23 heavy (non-hydrogen) atoms. The Balaban J connectivity index is 1.79. The number of aromatic amines is 2. The van der Waals surface area contributed by atoms with E-state index in [1.54, 1.807) is 6.92 Å². The third-order valence-corrected chi connectivity index (χ3v) is 4.12. The van der Waals surface area contributed by atoms with Gasteiger partial charge in [-0.05, 0) is 20.3 Å². The highest BCUT2D eigenvalue weighted by Gasteiger charge is 2.17. The smallest absolute Gasteiger partial charge is 0.325 e. The highest BCUT2D eigenvalue weighted by Crippen LogP contribution is 2.03. The van der Waals surface area contributed by atoms with Gasteiger partial charge in [0.25, 0.3) is 5.56 Å². The summed E-state index contributed by atoms with van der Waals surface area (Å²) in [6.45, 7) is 7.51. The topological polar surface area (TPSA) is 107 Å². The summed E-state index contributed by atoms with van der Waals surface area (Å²) in [5.74, 6) is -0.102. The fourth-order valence-electron chi connectivity index (χ4n) is 2.66. The van der Waals surface area contributed by atoms with Crippen LogP contribution in [0.15, 0.2) is 9.59 Å². The number of nitrogens with zero attached hydrogens (tertiary/aromatic N) is 1. The van der Waals surface area contributed by atoms with Crippen molar-refractivity contribution in [2.45, 2.75) is 32.7 Å². The zero-order valence-electron chi connectivity index (χ0n) is 13.6. The van der Waals surface area contributed by atoms with E-state index in [0.717, 1.165) is 26.3 Å². The second-order valence-electron chi connectivity index (χ2n) is 5.81. The summed E-state index contributed by atoms with van der Waals surface area (Å²) < 4.78 is 5.31. The van der Waals surface area contributed by atoms with E-state index in [9.17, 15) is 14.4 Å². The minimum Gasteiger partial charge on any atom is -0.379 e. The molecular formula is C15H24N4O4. The van der Waals surface area contributed by atoms with Crippen LogP contribution in [0.4, 0.5) is 0 Å². The van der Waals surface area contributed by atoms with E-state index in [-0.39, 0.29) is 18.4 Å². The Hall–Kier alpha value is -1.93. The van der Waals surface area contributed by atoms with Crippen LogP contribution in [0.5, 0.6) is 0 Å². The van der Waals surface area contributed by atoms with Crippen LogP contribution in [-0.2, 0) is 16.0 Å². The summed E-state index contributed by atoms with van der Waals surface area (Å²) in [4.78, 5) is 41.8. The zero-order chi connectivity index (χ0) is 16.8. The fraction of sp³-hybridized carbons (Fsp3) is 0.667. The molecule has 3 N–H and O–H groups in total. The van der Waals surface area contributed by atoms with Crippen molar-refractivity contribution in [3.05, 3.63) is 32.1 Å². The summed E-state index contributed by atoms with van der Waals surface area (Å²) in [5, 5.41) is 2.89. The van der Waals surface area contributed by atoms with Crippen LogP contribution >= 0.6 is 0 Å². The van der Waals surface area contributed by atoms with Crippen molar-refractivity contribution in [3.8, 4) is 0 Å². The molecule has 0 radical (unpaired) electrons. The SMILES string of the molecule is Cc1[nH]c(=O)[nH]c(=O)c1CCC(=O)NCC(C)N1CCOCC1. The Kier molecular flexibility index (Phi) is 6.12. The summed E-state index contributed by atoms with van der Waals surface area (Å²) in [5.41, 5.74) is -0.00464. The first-order valence-electron chi connectivity index (χ1n) is 7.88. The number of aryl methyl sites for hydroxylation is 1. The second-order valence-corrected chi connectivity index (χ2v) is 5.81. The van der Waals surface area contributed by atoms with E-state index in [2.05, 4.69) is 27.1 Å². The van der Waals surface area contributed by atoms with Crippen molar-refractivity contribution in [2.75, 3.05) is 32.8 Å². The van der Waals surface area contributed by atoms with E-state index in [1.807, 2.05) is 0 Å². The molecule has 1 aromatic rings. The monoisotopic (exact) mass is 324 g/mol. The maximum absolute atomic E-state index is 12.0. The average Bonchev–Trinajstić information content (AvgIpc) is 2.52. The Morgan fingerprint density at radius 2 is 2.00 bits per heavy atom. The Morgan fingerprint density at radius 1 is 1.30 bits per heavy atom. The molecule has 8 heteroatoms. The lowest BCUT2D eigenvalue weighted by Gasteiger charge is -2.32. The maximum Gasteiger partial charge on any atom is 0.325 e. The lowest BCUT2D eigenvalue weighted by Crippen LogP contribution is -2.47. The molecule has 1 atom stereocenters. The normalized spacial score (nSPS) is 17.0. The number of carbonyl (C=O) groups excluding carboxylic acids is 1. The molecule has 0 saturated carbocycles. The molecule has 1 saturated heterocycles. The van der Waals surface area contributed by atoms with Gasteiger partial charge in [0, 0.05) is 43.4 Å². The van der Waals surface area contributed by atoms with E-state index in [0.29, 0.717) is 24.2 Å². The Labute approximate surface area is 134 Å². The van der Waals surface area contributed by atoms with Crippen LogP contribution in [0.1, 0.15) is 24.6 Å². The molecule has 0 bridgehead atoms. The second kappa shape index (κ2) is 8.07. The predicted molar refractivity (Wildman–Crippen MR) is 85.6 cm³/mol. The van der Waals surface area contributed by atoms with Gasteiger partial charge in [-0.15, -0.1) is 0 Å². The molecule has 0 spiro atoms. The van der Waals surface area contributed by atoms with Gasteiger partial charge in [0.1, 0.15) is 0 Å². The van der Waals surface area contributed by atoms with Crippen molar-refractivity contribution in [1.29, 1.82) is 0 Å². The van der Waals surface area contributed by atoms with Crippen molar-refractivity contribution >= 4 is 5.91 Å². The summed E-state index contributed by atoms with van der Waals surface area (Å²) in [6, 6.07) is 0.251. The Morgan fingerprint density at radius 3 is 2.65 bits per heavy atom. The molecule has 2 heterocycles. The molecule has 2 rings (SSSR count).